The van der Waals surface area contributed by atoms with Gasteiger partial charge in [0, 0.05) is 14.2 Å². The Kier molecular flexibility index (Phi) is 5.66. The number of carbonyl (C=O) groups excluding carboxylic acids is 1. The van der Waals surface area contributed by atoms with E-state index in [1.165, 1.54) is 21.3 Å². The number of rotatable bonds is 5. The van der Waals surface area contributed by atoms with E-state index >= 15 is 0 Å². The smallest absolute Gasteiger partial charge is 0.314 e. The van der Waals surface area contributed by atoms with Gasteiger partial charge in [-0.2, -0.15) is 0 Å². The van der Waals surface area contributed by atoms with Crippen molar-refractivity contribution in [3.8, 4) is 0 Å². The lowest BCUT2D eigenvalue weighted by Gasteiger charge is -2.25. The highest BCUT2D eigenvalue weighted by molar-refractivity contribution is 5.73. The summed E-state index contributed by atoms with van der Waals surface area (Å²) in [6, 6.07) is 0. The van der Waals surface area contributed by atoms with Gasteiger partial charge in [0.25, 0.3) is 0 Å². The topological polar surface area (TPSA) is 44.8 Å². The van der Waals surface area contributed by atoms with Gasteiger partial charge in [0.2, 0.25) is 0 Å². The first-order valence-electron chi connectivity index (χ1n) is 4.21. The van der Waals surface area contributed by atoms with Crippen LogP contribution in [0.15, 0.2) is 0 Å². The van der Waals surface area contributed by atoms with Crippen LogP contribution in [0.2, 0.25) is 0 Å². The van der Waals surface area contributed by atoms with Crippen molar-refractivity contribution >= 4 is 5.97 Å². The molecule has 0 aromatic heterocycles. The van der Waals surface area contributed by atoms with Crippen LogP contribution >= 0.6 is 0 Å². The number of hydrogen-bond donors (Lipinski definition) is 0. The summed E-state index contributed by atoms with van der Waals surface area (Å²) in [5, 5.41) is 0. The normalized spacial score (nSPS) is 13.5. The van der Waals surface area contributed by atoms with Crippen molar-refractivity contribution in [1.29, 1.82) is 0 Å². The molecule has 0 aliphatic heterocycles. The molecule has 4 nitrogen and oxygen atoms in total. The van der Waals surface area contributed by atoms with E-state index in [0.29, 0.717) is 0 Å². The third-order valence-electron chi connectivity index (χ3n) is 1.95. The van der Waals surface area contributed by atoms with E-state index in [4.69, 9.17) is 9.47 Å². The van der Waals surface area contributed by atoms with Gasteiger partial charge in [-0.05, 0) is 5.92 Å². The standard InChI is InChI=1S/C9H18O4/c1-6(2)7(8(10)11-3)9(12-4)13-5/h6-7,9H,1-5H3/t7-/m0/s1. The first kappa shape index (κ1) is 12.4. The van der Waals surface area contributed by atoms with Crippen molar-refractivity contribution in [3.63, 3.8) is 0 Å². The van der Waals surface area contributed by atoms with Crippen LogP contribution < -0.4 is 0 Å². The molecular weight excluding hydrogens is 172 g/mol. The van der Waals surface area contributed by atoms with Gasteiger partial charge in [-0.15, -0.1) is 0 Å². The summed E-state index contributed by atoms with van der Waals surface area (Å²) in [6.45, 7) is 3.85. The number of hydrogen-bond acceptors (Lipinski definition) is 4. The maximum absolute atomic E-state index is 11.3. The summed E-state index contributed by atoms with van der Waals surface area (Å²) < 4.78 is 14.7. The average molecular weight is 190 g/mol. The molecule has 78 valence electrons. The van der Waals surface area contributed by atoms with Crippen molar-refractivity contribution in [3.05, 3.63) is 0 Å². The second-order valence-corrected chi connectivity index (χ2v) is 3.13. The van der Waals surface area contributed by atoms with Gasteiger partial charge in [0.05, 0.1) is 7.11 Å². The Morgan fingerprint density at radius 3 is 1.77 bits per heavy atom. The monoisotopic (exact) mass is 190 g/mol. The zero-order chi connectivity index (χ0) is 10.4. The Morgan fingerprint density at radius 2 is 1.54 bits per heavy atom. The molecule has 0 aliphatic rings. The molecule has 0 radical (unpaired) electrons. The molecule has 0 rings (SSSR count). The van der Waals surface area contributed by atoms with Crippen LogP contribution in [0.5, 0.6) is 0 Å². The van der Waals surface area contributed by atoms with Crippen LogP contribution in [0.3, 0.4) is 0 Å². The molecule has 0 aliphatic carbocycles. The molecule has 0 unspecified atom stereocenters. The maximum Gasteiger partial charge on any atom is 0.314 e. The van der Waals surface area contributed by atoms with Gasteiger partial charge in [-0.3, -0.25) is 4.79 Å². The molecule has 0 spiro atoms. The maximum atomic E-state index is 11.3. The fraction of sp³-hybridized carbons (Fsp3) is 0.889. The summed E-state index contributed by atoms with van der Waals surface area (Å²) in [4.78, 5) is 11.3. The highest BCUT2D eigenvalue weighted by Gasteiger charge is 2.32. The molecule has 0 heterocycles. The minimum atomic E-state index is -0.535. The molecule has 0 fully saturated rings. The molecule has 0 N–H and O–H groups in total. The molecule has 0 saturated carbocycles. The molecule has 0 bridgehead atoms. The molecule has 0 aromatic rings. The summed E-state index contributed by atoms with van der Waals surface area (Å²) in [5.41, 5.74) is 0. The molecule has 0 aromatic carbocycles. The van der Waals surface area contributed by atoms with Gasteiger partial charge in [-0.1, -0.05) is 13.8 Å². The Morgan fingerprint density at radius 1 is 1.08 bits per heavy atom. The predicted molar refractivity (Wildman–Crippen MR) is 48.2 cm³/mol. The molecule has 0 amide bonds. The van der Waals surface area contributed by atoms with Crippen LogP contribution in [0.25, 0.3) is 0 Å². The molecule has 4 heteroatoms. The lowest BCUT2D eigenvalue weighted by molar-refractivity contribution is -0.180. The summed E-state index contributed by atoms with van der Waals surface area (Å²) in [6.07, 6.45) is -0.535. The van der Waals surface area contributed by atoms with Gasteiger partial charge in [0.15, 0.2) is 6.29 Å². The van der Waals surface area contributed by atoms with Gasteiger partial charge in [-0.25, -0.2) is 0 Å². The van der Waals surface area contributed by atoms with E-state index in [1.54, 1.807) is 0 Å². The van der Waals surface area contributed by atoms with E-state index in [9.17, 15) is 4.79 Å². The summed E-state index contributed by atoms with van der Waals surface area (Å²) in [7, 11) is 4.37. The van der Waals surface area contributed by atoms with E-state index in [1.807, 2.05) is 13.8 Å². The Balaban J connectivity index is 4.47. The number of carbonyl (C=O) groups is 1. The lowest BCUT2D eigenvalue weighted by atomic mass is 9.95. The van der Waals surface area contributed by atoms with Crippen molar-refractivity contribution in [2.45, 2.75) is 20.1 Å². The Labute approximate surface area is 79.2 Å². The second kappa shape index (κ2) is 5.94. The Hall–Kier alpha value is -0.610. The molecule has 13 heavy (non-hydrogen) atoms. The summed E-state index contributed by atoms with van der Waals surface area (Å²) >= 11 is 0. The third-order valence-corrected chi connectivity index (χ3v) is 1.95. The first-order chi connectivity index (χ1) is 6.08. The zero-order valence-electron chi connectivity index (χ0n) is 8.87. The van der Waals surface area contributed by atoms with Crippen LogP contribution in [0.4, 0.5) is 0 Å². The highest BCUT2D eigenvalue weighted by atomic mass is 16.7. The van der Waals surface area contributed by atoms with Gasteiger partial charge >= 0.3 is 5.97 Å². The van der Waals surface area contributed by atoms with Gasteiger partial charge in [0.1, 0.15) is 5.92 Å². The number of ether oxygens (including phenoxy) is 3. The fourth-order valence-corrected chi connectivity index (χ4v) is 1.22. The van der Waals surface area contributed by atoms with Crippen molar-refractivity contribution in [1.82, 2.24) is 0 Å². The first-order valence-corrected chi connectivity index (χ1v) is 4.21. The third kappa shape index (κ3) is 3.32. The minimum absolute atomic E-state index is 0.123. The van der Waals surface area contributed by atoms with Gasteiger partial charge < -0.3 is 14.2 Å². The van der Waals surface area contributed by atoms with Crippen molar-refractivity contribution in [2.24, 2.45) is 11.8 Å². The predicted octanol–water partition coefficient (Wildman–Crippen LogP) is 1.05. The minimum Gasteiger partial charge on any atom is -0.469 e. The fourth-order valence-electron chi connectivity index (χ4n) is 1.22. The zero-order valence-corrected chi connectivity index (χ0v) is 8.87. The van der Waals surface area contributed by atoms with E-state index < -0.39 is 6.29 Å². The quantitative estimate of drug-likeness (QED) is 0.480. The number of methoxy groups -OCH3 is 3. The molecule has 1 atom stereocenters. The van der Waals surface area contributed by atoms with Crippen LogP contribution in [-0.2, 0) is 19.0 Å². The molecular formula is C9H18O4. The lowest BCUT2D eigenvalue weighted by Crippen LogP contribution is -2.36. The average Bonchev–Trinajstić information content (AvgIpc) is 2.12. The van der Waals surface area contributed by atoms with Crippen molar-refractivity contribution < 1.29 is 19.0 Å². The Bertz CT molecular complexity index is 152. The van der Waals surface area contributed by atoms with E-state index in [0.717, 1.165) is 0 Å². The van der Waals surface area contributed by atoms with Crippen LogP contribution in [-0.4, -0.2) is 33.6 Å². The van der Waals surface area contributed by atoms with E-state index in [2.05, 4.69) is 4.74 Å². The number of esters is 1. The van der Waals surface area contributed by atoms with Crippen LogP contribution in [0, 0.1) is 11.8 Å². The van der Waals surface area contributed by atoms with E-state index in [-0.39, 0.29) is 17.8 Å². The second-order valence-electron chi connectivity index (χ2n) is 3.13. The highest BCUT2D eigenvalue weighted by Crippen LogP contribution is 2.19. The van der Waals surface area contributed by atoms with Crippen LogP contribution in [0.1, 0.15) is 13.8 Å². The molecule has 0 saturated heterocycles. The summed E-state index contributed by atoms with van der Waals surface area (Å²) in [5.74, 6) is -0.555. The largest absolute Gasteiger partial charge is 0.469 e. The SMILES string of the molecule is COC(=O)[C@H](C(C)C)C(OC)OC. The van der Waals surface area contributed by atoms with Crippen molar-refractivity contribution in [2.75, 3.05) is 21.3 Å².